The van der Waals surface area contributed by atoms with Crippen molar-refractivity contribution in [1.29, 1.82) is 0 Å². The number of anilines is 1. The number of aromatic nitrogens is 1. The van der Waals surface area contributed by atoms with E-state index in [4.69, 9.17) is 4.42 Å². The largest absolute Gasteiger partial charge is 0.423 e. The Hall–Kier alpha value is -1.88. The zero-order chi connectivity index (χ0) is 11.7. The van der Waals surface area contributed by atoms with Crippen molar-refractivity contribution in [2.45, 2.75) is 0 Å². The Kier molecular flexibility index (Phi) is 2.53. The first kappa shape index (κ1) is 10.3. The molecular weight excluding hydrogens is 218 g/mol. The molecule has 0 unspecified atom stereocenters. The van der Waals surface area contributed by atoms with E-state index < -0.39 is 0 Å². The molecule has 0 aliphatic carbocycles. The number of hydrogen-bond acceptors (Lipinski definition) is 5. The van der Waals surface area contributed by atoms with Crippen LogP contribution in [0.25, 0.3) is 11.0 Å². The van der Waals surface area contributed by atoms with Gasteiger partial charge in [0.25, 0.3) is 0 Å². The van der Waals surface area contributed by atoms with Crippen molar-refractivity contribution in [2.24, 2.45) is 0 Å². The summed E-state index contributed by atoms with van der Waals surface area (Å²) in [6.07, 6.45) is 1.68. The fourth-order valence-corrected chi connectivity index (χ4v) is 2.11. The van der Waals surface area contributed by atoms with Gasteiger partial charge in [-0.3, -0.25) is 0 Å². The molecule has 2 aromatic rings. The Morgan fingerprint density at radius 2 is 2.06 bits per heavy atom. The molecule has 17 heavy (non-hydrogen) atoms. The van der Waals surface area contributed by atoms with Gasteiger partial charge in [-0.15, -0.1) is 0 Å². The van der Waals surface area contributed by atoms with Gasteiger partial charge in [-0.2, -0.15) is 0 Å². The third kappa shape index (κ3) is 1.89. The monoisotopic (exact) mass is 231 g/mol. The lowest BCUT2D eigenvalue weighted by atomic mass is 10.2. The van der Waals surface area contributed by atoms with E-state index in [2.05, 4.69) is 15.2 Å². The van der Waals surface area contributed by atoms with Gasteiger partial charge in [0.15, 0.2) is 0 Å². The zero-order valence-electron chi connectivity index (χ0n) is 9.35. The predicted octanol–water partition coefficient (Wildman–Crippen LogP) is 0.598. The van der Waals surface area contributed by atoms with Crippen LogP contribution in [-0.2, 0) is 0 Å². The molecule has 1 fully saturated rings. The van der Waals surface area contributed by atoms with E-state index in [9.17, 15) is 4.79 Å². The molecule has 0 bridgehead atoms. The maximum Gasteiger partial charge on any atom is 0.336 e. The highest BCUT2D eigenvalue weighted by atomic mass is 16.4. The van der Waals surface area contributed by atoms with Crippen LogP contribution in [-0.4, -0.2) is 31.2 Å². The molecule has 3 rings (SSSR count). The molecule has 3 heterocycles. The molecule has 2 aromatic heterocycles. The maximum atomic E-state index is 11.2. The average molecular weight is 231 g/mol. The second-order valence-electron chi connectivity index (χ2n) is 4.04. The van der Waals surface area contributed by atoms with Crippen LogP contribution in [0.2, 0.25) is 0 Å². The predicted molar refractivity (Wildman–Crippen MR) is 65.4 cm³/mol. The molecule has 0 amide bonds. The summed E-state index contributed by atoms with van der Waals surface area (Å²) in [4.78, 5) is 17.8. The van der Waals surface area contributed by atoms with Crippen molar-refractivity contribution in [3.63, 3.8) is 0 Å². The molecule has 0 radical (unpaired) electrons. The fraction of sp³-hybridized carbons (Fsp3) is 0.333. The van der Waals surface area contributed by atoms with Crippen LogP contribution >= 0.6 is 0 Å². The van der Waals surface area contributed by atoms with Crippen molar-refractivity contribution < 1.29 is 4.42 Å². The van der Waals surface area contributed by atoms with Crippen molar-refractivity contribution in [3.05, 3.63) is 34.8 Å². The summed E-state index contributed by atoms with van der Waals surface area (Å²) in [7, 11) is 0. The smallest absolute Gasteiger partial charge is 0.336 e. The molecule has 5 nitrogen and oxygen atoms in total. The van der Waals surface area contributed by atoms with Gasteiger partial charge in [-0.25, -0.2) is 9.78 Å². The Balaban J connectivity index is 2.12. The SMILES string of the molecule is O=c1ccc2c(N3CCNCC3)nccc2o1. The third-order valence-corrected chi connectivity index (χ3v) is 2.94. The summed E-state index contributed by atoms with van der Waals surface area (Å²) in [5.74, 6) is 0.896. The van der Waals surface area contributed by atoms with Crippen LogP contribution in [0, 0.1) is 0 Å². The molecule has 1 aliphatic rings. The number of rotatable bonds is 1. The summed E-state index contributed by atoms with van der Waals surface area (Å²) < 4.78 is 5.16. The third-order valence-electron chi connectivity index (χ3n) is 2.94. The van der Waals surface area contributed by atoms with E-state index in [0.29, 0.717) is 5.58 Å². The first-order valence-corrected chi connectivity index (χ1v) is 5.69. The number of nitrogens with zero attached hydrogens (tertiary/aromatic N) is 2. The first-order chi connectivity index (χ1) is 8.34. The van der Waals surface area contributed by atoms with Crippen LogP contribution in [0.15, 0.2) is 33.6 Å². The van der Waals surface area contributed by atoms with E-state index in [1.54, 1.807) is 18.3 Å². The number of piperazine rings is 1. The van der Waals surface area contributed by atoms with Gasteiger partial charge in [0, 0.05) is 44.5 Å². The summed E-state index contributed by atoms with van der Waals surface area (Å²) >= 11 is 0. The molecule has 0 atom stereocenters. The van der Waals surface area contributed by atoms with Gasteiger partial charge in [0.05, 0.1) is 5.39 Å². The summed E-state index contributed by atoms with van der Waals surface area (Å²) in [6.45, 7) is 3.75. The van der Waals surface area contributed by atoms with Crippen molar-refractivity contribution >= 4 is 16.8 Å². The Labute approximate surface area is 98.1 Å². The Morgan fingerprint density at radius 1 is 1.24 bits per heavy atom. The van der Waals surface area contributed by atoms with Crippen LogP contribution in [0.4, 0.5) is 5.82 Å². The Morgan fingerprint density at radius 3 is 2.88 bits per heavy atom. The van der Waals surface area contributed by atoms with Gasteiger partial charge in [0.1, 0.15) is 11.4 Å². The normalized spacial score (nSPS) is 16.4. The highest BCUT2D eigenvalue weighted by molar-refractivity contribution is 5.87. The van der Waals surface area contributed by atoms with Crippen LogP contribution in [0.3, 0.4) is 0 Å². The van der Waals surface area contributed by atoms with Crippen molar-refractivity contribution in [3.8, 4) is 0 Å². The minimum atomic E-state index is -0.324. The topological polar surface area (TPSA) is 58.4 Å². The second kappa shape index (κ2) is 4.18. The van der Waals surface area contributed by atoms with E-state index >= 15 is 0 Å². The van der Waals surface area contributed by atoms with Crippen molar-refractivity contribution in [1.82, 2.24) is 10.3 Å². The van der Waals surface area contributed by atoms with Crippen LogP contribution < -0.4 is 15.8 Å². The van der Waals surface area contributed by atoms with E-state index in [1.807, 2.05) is 0 Å². The van der Waals surface area contributed by atoms with Gasteiger partial charge in [0.2, 0.25) is 0 Å². The van der Waals surface area contributed by atoms with Gasteiger partial charge in [-0.05, 0) is 6.07 Å². The fourth-order valence-electron chi connectivity index (χ4n) is 2.11. The number of pyridine rings is 1. The van der Waals surface area contributed by atoms with Crippen LogP contribution in [0.1, 0.15) is 0 Å². The lowest BCUT2D eigenvalue weighted by molar-refractivity contribution is 0.558. The zero-order valence-corrected chi connectivity index (χ0v) is 9.35. The molecule has 0 saturated carbocycles. The van der Waals surface area contributed by atoms with E-state index in [1.165, 1.54) is 6.07 Å². The number of nitrogens with one attached hydrogen (secondary N) is 1. The second-order valence-corrected chi connectivity index (χ2v) is 4.04. The molecule has 5 heteroatoms. The summed E-state index contributed by atoms with van der Waals surface area (Å²) in [5.41, 5.74) is 0.274. The minimum absolute atomic E-state index is 0.324. The van der Waals surface area contributed by atoms with E-state index in [-0.39, 0.29) is 5.63 Å². The van der Waals surface area contributed by atoms with Gasteiger partial charge in [-0.1, -0.05) is 0 Å². The standard InChI is InChI=1S/C12H13N3O2/c16-11-2-1-9-10(17-11)3-4-14-12(9)15-7-5-13-6-8-15/h1-4,13H,5-8H2. The highest BCUT2D eigenvalue weighted by Gasteiger charge is 2.14. The summed E-state index contributed by atoms with van der Waals surface area (Å²) in [6, 6.07) is 4.95. The lowest BCUT2D eigenvalue weighted by Gasteiger charge is -2.28. The molecule has 1 aliphatic heterocycles. The molecule has 1 saturated heterocycles. The molecular formula is C12H13N3O2. The van der Waals surface area contributed by atoms with Crippen molar-refractivity contribution in [2.75, 3.05) is 31.1 Å². The number of fused-ring (bicyclic) bond motifs is 1. The highest BCUT2D eigenvalue weighted by Crippen LogP contribution is 2.23. The lowest BCUT2D eigenvalue weighted by Crippen LogP contribution is -2.44. The Bertz CT molecular complexity index is 588. The molecule has 1 N–H and O–H groups in total. The first-order valence-electron chi connectivity index (χ1n) is 5.69. The summed E-state index contributed by atoms with van der Waals surface area (Å²) in [5, 5.41) is 4.20. The van der Waals surface area contributed by atoms with Gasteiger partial charge < -0.3 is 14.6 Å². The molecule has 88 valence electrons. The van der Waals surface area contributed by atoms with Crippen LogP contribution in [0.5, 0.6) is 0 Å². The number of hydrogen-bond donors (Lipinski definition) is 1. The maximum absolute atomic E-state index is 11.2. The molecule has 0 aromatic carbocycles. The minimum Gasteiger partial charge on any atom is -0.423 e. The molecule has 0 spiro atoms. The average Bonchev–Trinajstić information content (AvgIpc) is 2.39. The van der Waals surface area contributed by atoms with E-state index in [0.717, 1.165) is 37.4 Å². The van der Waals surface area contributed by atoms with Gasteiger partial charge >= 0.3 is 5.63 Å². The quantitative estimate of drug-likeness (QED) is 0.778.